The summed E-state index contributed by atoms with van der Waals surface area (Å²) < 4.78 is 16.8. The molecule has 1 aromatic rings. The van der Waals surface area contributed by atoms with E-state index >= 15 is 0 Å². The zero-order chi connectivity index (χ0) is 16.8. The van der Waals surface area contributed by atoms with Gasteiger partial charge in [0.1, 0.15) is 29.3 Å². The molecule has 0 aliphatic carbocycles. The Hall–Kier alpha value is -2.24. The van der Waals surface area contributed by atoms with E-state index in [-0.39, 0.29) is 19.0 Å². The van der Waals surface area contributed by atoms with Gasteiger partial charge in [-0.2, -0.15) is 0 Å². The number of methoxy groups -OCH3 is 1. The summed E-state index contributed by atoms with van der Waals surface area (Å²) in [4.78, 5) is 23.0. The van der Waals surface area contributed by atoms with E-state index in [1.54, 1.807) is 7.11 Å². The highest BCUT2D eigenvalue weighted by atomic mass is 16.5. The molecule has 23 heavy (non-hydrogen) atoms. The first-order valence-electron chi connectivity index (χ1n) is 7.66. The van der Waals surface area contributed by atoms with E-state index in [1.807, 2.05) is 13.8 Å². The summed E-state index contributed by atoms with van der Waals surface area (Å²) in [5.74, 6) is -0.00217. The number of hydrogen-bond acceptors (Lipinski definition) is 5. The van der Waals surface area contributed by atoms with E-state index < -0.39 is 11.6 Å². The van der Waals surface area contributed by atoms with Gasteiger partial charge in [-0.05, 0) is 38.7 Å². The summed E-state index contributed by atoms with van der Waals surface area (Å²) in [5.41, 5.74) is 2.44. The molecule has 1 unspecified atom stereocenters. The molecule has 1 aromatic carbocycles. The standard InChI is InChI=1S/C17H20O6/c1-9-11-8-22-16(20)13(11)15-10(14(9)21-3)4-6-17(2,23-15)7-5-12(18)19/h4-8H2,1-3H3,(H,18,19). The lowest BCUT2D eigenvalue weighted by Crippen LogP contribution is -2.37. The lowest BCUT2D eigenvalue weighted by molar-refractivity contribution is -0.138. The Morgan fingerprint density at radius 1 is 1.39 bits per heavy atom. The Morgan fingerprint density at radius 2 is 2.13 bits per heavy atom. The number of benzene rings is 1. The maximum Gasteiger partial charge on any atom is 0.342 e. The van der Waals surface area contributed by atoms with Gasteiger partial charge in [0.2, 0.25) is 0 Å². The van der Waals surface area contributed by atoms with Crippen molar-refractivity contribution in [1.29, 1.82) is 0 Å². The molecule has 124 valence electrons. The number of rotatable bonds is 4. The van der Waals surface area contributed by atoms with Gasteiger partial charge < -0.3 is 19.3 Å². The van der Waals surface area contributed by atoms with Gasteiger partial charge in [-0.15, -0.1) is 0 Å². The highest BCUT2D eigenvalue weighted by Crippen LogP contribution is 2.47. The molecule has 0 amide bonds. The van der Waals surface area contributed by atoms with Crippen LogP contribution in [0.5, 0.6) is 11.5 Å². The summed E-state index contributed by atoms with van der Waals surface area (Å²) in [6, 6.07) is 0. The van der Waals surface area contributed by atoms with Crippen LogP contribution in [-0.4, -0.2) is 29.8 Å². The fourth-order valence-electron chi connectivity index (χ4n) is 3.40. The van der Waals surface area contributed by atoms with Crippen molar-refractivity contribution in [3.05, 3.63) is 22.3 Å². The van der Waals surface area contributed by atoms with Crippen LogP contribution in [0.1, 0.15) is 53.2 Å². The molecule has 2 aliphatic rings. The Balaban J connectivity index is 2.07. The predicted molar refractivity (Wildman–Crippen MR) is 81.1 cm³/mol. The molecule has 2 heterocycles. The Kier molecular flexibility index (Phi) is 3.70. The van der Waals surface area contributed by atoms with Gasteiger partial charge in [0.05, 0.1) is 7.11 Å². The van der Waals surface area contributed by atoms with Crippen molar-refractivity contribution in [3.63, 3.8) is 0 Å². The van der Waals surface area contributed by atoms with Crippen LogP contribution in [0.3, 0.4) is 0 Å². The molecule has 6 heteroatoms. The van der Waals surface area contributed by atoms with E-state index in [0.29, 0.717) is 30.6 Å². The first-order valence-corrected chi connectivity index (χ1v) is 7.66. The van der Waals surface area contributed by atoms with Crippen LogP contribution in [0.25, 0.3) is 0 Å². The van der Waals surface area contributed by atoms with Crippen molar-refractivity contribution in [2.45, 2.75) is 51.7 Å². The van der Waals surface area contributed by atoms with Gasteiger partial charge in [-0.1, -0.05) is 0 Å². The summed E-state index contributed by atoms with van der Waals surface area (Å²) in [7, 11) is 1.60. The number of fused-ring (bicyclic) bond motifs is 3. The molecule has 0 fully saturated rings. The van der Waals surface area contributed by atoms with Gasteiger partial charge >= 0.3 is 11.9 Å². The first kappa shape index (κ1) is 15.6. The lowest BCUT2D eigenvalue weighted by Gasteiger charge is -2.37. The van der Waals surface area contributed by atoms with E-state index in [4.69, 9.17) is 19.3 Å². The fourth-order valence-corrected chi connectivity index (χ4v) is 3.40. The third-order valence-corrected chi connectivity index (χ3v) is 4.75. The maximum absolute atomic E-state index is 12.1. The van der Waals surface area contributed by atoms with Crippen molar-refractivity contribution in [2.75, 3.05) is 7.11 Å². The molecule has 1 atom stereocenters. The number of carboxylic acids is 1. The summed E-state index contributed by atoms with van der Waals surface area (Å²) in [5, 5.41) is 8.92. The number of ether oxygens (including phenoxy) is 3. The normalized spacial score (nSPS) is 22.0. The highest BCUT2D eigenvalue weighted by molar-refractivity contribution is 5.98. The predicted octanol–water partition coefficient (Wildman–Crippen LogP) is 2.62. The second kappa shape index (κ2) is 5.44. The van der Waals surface area contributed by atoms with Crippen molar-refractivity contribution < 1.29 is 28.9 Å². The van der Waals surface area contributed by atoms with Crippen LogP contribution in [0.2, 0.25) is 0 Å². The lowest BCUT2D eigenvalue weighted by atomic mass is 9.85. The smallest absolute Gasteiger partial charge is 0.342 e. The minimum Gasteiger partial charge on any atom is -0.496 e. The molecule has 0 radical (unpaired) electrons. The molecule has 0 spiro atoms. The Bertz CT molecular complexity index is 693. The first-order chi connectivity index (χ1) is 10.9. The average Bonchev–Trinajstić information content (AvgIpc) is 2.89. The molecule has 0 saturated carbocycles. The van der Waals surface area contributed by atoms with Crippen molar-refractivity contribution >= 4 is 11.9 Å². The minimum absolute atomic E-state index is 0.0292. The van der Waals surface area contributed by atoms with Crippen LogP contribution in [0, 0.1) is 6.92 Å². The van der Waals surface area contributed by atoms with Crippen LogP contribution in [0.4, 0.5) is 0 Å². The number of aliphatic carboxylic acids is 1. The molecular weight excluding hydrogens is 300 g/mol. The summed E-state index contributed by atoms with van der Waals surface area (Å²) in [6.45, 7) is 4.02. The van der Waals surface area contributed by atoms with E-state index in [1.165, 1.54) is 0 Å². The molecule has 0 saturated heterocycles. The largest absolute Gasteiger partial charge is 0.496 e. The Labute approximate surface area is 134 Å². The van der Waals surface area contributed by atoms with E-state index in [9.17, 15) is 9.59 Å². The van der Waals surface area contributed by atoms with Crippen LogP contribution < -0.4 is 9.47 Å². The average molecular weight is 320 g/mol. The van der Waals surface area contributed by atoms with Gasteiger partial charge in [0.15, 0.2) is 0 Å². The third kappa shape index (κ3) is 2.52. The maximum atomic E-state index is 12.1. The molecule has 2 aliphatic heterocycles. The third-order valence-electron chi connectivity index (χ3n) is 4.75. The van der Waals surface area contributed by atoms with E-state index in [2.05, 4.69) is 0 Å². The highest BCUT2D eigenvalue weighted by Gasteiger charge is 2.40. The van der Waals surface area contributed by atoms with Crippen molar-refractivity contribution in [3.8, 4) is 11.5 Å². The van der Waals surface area contributed by atoms with Gasteiger partial charge in [0, 0.05) is 17.5 Å². The number of carboxylic acid groups (broad SMARTS) is 1. The summed E-state index contributed by atoms with van der Waals surface area (Å²) in [6.07, 6.45) is 1.77. The number of hydrogen-bond donors (Lipinski definition) is 1. The molecule has 0 aromatic heterocycles. The van der Waals surface area contributed by atoms with Gasteiger partial charge in [0.25, 0.3) is 0 Å². The van der Waals surface area contributed by atoms with E-state index in [0.717, 1.165) is 22.4 Å². The number of carbonyl (C=O) groups excluding carboxylic acids is 1. The molecule has 6 nitrogen and oxygen atoms in total. The van der Waals surface area contributed by atoms with Crippen LogP contribution >= 0.6 is 0 Å². The molecule has 0 bridgehead atoms. The summed E-state index contributed by atoms with van der Waals surface area (Å²) >= 11 is 0. The second-order valence-corrected chi connectivity index (χ2v) is 6.34. The number of carbonyl (C=O) groups is 2. The quantitative estimate of drug-likeness (QED) is 0.859. The zero-order valence-corrected chi connectivity index (χ0v) is 13.5. The zero-order valence-electron chi connectivity index (χ0n) is 13.5. The number of esters is 1. The molecule has 3 rings (SSSR count). The molecule has 1 N–H and O–H groups in total. The van der Waals surface area contributed by atoms with Gasteiger partial charge in [-0.25, -0.2) is 4.79 Å². The SMILES string of the molecule is COc1c(C)c2c(c3c1CCC(C)(CCC(=O)O)O3)C(=O)OC2. The van der Waals surface area contributed by atoms with Crippen molar-refractivity contribution in [2.24, 2.45) is 0 Å². The number of cyclic esters (lactones) is 1. The minimum atomic E-state index is -0.855. The topological polar surface area (TPSA) is 82.1 Å². The van der Waals surface area contributed by atoms with Gasteiger partial charge in [-0.3, -0.25) is 4.79 Å². The monoisotopic (exact) mass is 320 g/mol. The molecular formula is C17H20O6. The fraction of sp³-hybridized carbons (Fsp3) is 0.529. The van der Waals surface area contributed by atoms with Crippen LogP contribution in [0.15, 0.2) is 0 Å². The van der Waals surface area contributed by atoms with Crippen molar-refractivity contribution in [1.82, 2.24) is 0 Å². The Morgan fingerprint density at radius 3 is 2.78 bits per heavy atom. The van der Waals surface area contributed by atoms with Crippen LogP contribution in [-0.2, 0) is 22.6 Å². The second-order valence-electron chi connectivity index (χ2n) is 6.34.